The Balaban J connectivity index is 0.00000261. The molecule has 9 heteroatoms. The van der Waals surface area contributed by atoms with Crippen molar-refractivity contribution < 1.29 is 55.4 Å². The molecule has 1 N–H and O–H groups in total. The van der Waals surface area contributed by atoms with Gasteiger partial charge in [-0.2, -0.15) is 0 Å². The molecule has 6 nitrogen and oxygen atoms in total. The van der Waals surface area contributed by atoms with Gasteiger partial charge in [0.1, 0.15) is 22.4 Å². The molecule has 139 valence electrons. The van der Waals surface area contributed by atoms with E-state index in [1.54, 1.807) is 10.8 Å². The van der Waals surface area contributed by atoms with E-state index >= 15 is 0 Å². The molecule has 3 rings (SSSR count). The first-order chi connectivity index (χ1) is 12.4. The van der Waals surface area contributed by atoms with Crippen LogP contribution in [-0.2, 0) is 60.5 Å². The maximum absolute atomic E-state index is 12.9. The summed E-state index contributed by atoms with van der Waals surface area (Å²) < 4.78 is 42.6. The maximum Gasteiger partial charge on any atom is 0.323 e. The molecule has 27 heavy (non-hydrogen) atoms. The summed E-state index contributed by atoms with van der Waals surface area (Å²) in [5.74, 6) is -1.48. The molecule has 1 heterocycles. The fraction of sp³-hybridized carbons (Fsp3) is 0.167. The van der Waals surface area contributed by atoms with Crippen molar-refractivity contribution in [1.29, 1.82) is 0 Å². The molecule has 0 atom stereocenters. The van der Waals surface area contributed by atoms with E-state index in [-0.39, 0.29) is 50.7 Å². The molecule has 0 amide bonds. The number of fused-ring (bicyclic) bond motifs is 1. The second-order valence-electron chi connectivity index (χ2n) is 5.72. The van der Waals surface area contributed by atoms with Crippen LogP contribution in [0.1, 0.15) is 5.56 Å². The largest absolute Gasteiger partial charge is 0.544 e. The van der Waals surface area contributed by atoms with E-state index in [2.05, 4.69) is 4.72 Å². The third-order valence-electron chi connectivity index (χ3n) is 3.93. The quantitative estimate of drug-likeness (QED) is 0.582. The molecule has 0 fully saturated rings. The molecule has 0 unspecified atom stereocenters. The smallest absolute Gasteiger partial charge is 0.323 e. The molecule has 3 aromatic rings. The first-order valence-corrected chi connectivity index (χ1v) is 9.29. The number of carboxylic acids is 1. The van der Waals surface area contributed by atoms with Crippen LogP contribution in [-0.4, -0.2) is 30.6 Å². The van der Waals surface area contributed by atoms with E-state index in [0.29, 0.717) is 6.42 Å². The van der Waals surface area contributed by atoms with E-state index in [4.69, 9.17) is 5.11 Å². The van der Waals surface area contributed by atoms with Crippen molar-refractivity contribution in [2.45, 2.75) is 17.9 Å². The summed E-state index contributed by atoms with van der Waals surface area (Å²) >= 11 is 0. The number of sulfonamides is 1. The SMILES string of the molecule is O=C(O)Cn1cc(CC[N-]S(=O)(=O)c2ccc(F)cc2)c2ccccc21.[Y]. The average molecular weight is 464 g/mol. The standard InChI is InChI=1S/C18H16FN2O4S.Y/c19-14-5-7-15(8-6-14)26(24,25)20-10-9-13-11-21(12-18(22)23)17-4-2-1-3-16(13)17;/h1-8,11H,9-10,12H2,(H,22,23);/q-1;. The Morgan fingerprint density at radius 1 is 1.11 bits per heavy atom. The van der Waals surface area contributed by atoms with Gasteiger partial charge in [0.15, 0.2) is 0 Å². The van der Waals surface area contributed by atoms with Crippen LogP contribution in [0.5, 0.6) is 0 Å². The molecule has 2 aromatic carbocycles. The van der Waals surface area contributed by atoms with Gasteiger partial charge in [-0.05, 0) is 42.3 Å². The number of carboxylic acid groups (broad SMARTS) is 1. The van der Waals surface area contributed by atoms with Crippen LogP contribution in [0, 0.1) is 5.82 Å². The molecule has 0 aliphatic carbocycles. The van der Waals surface area contributed by atoms with Crippen molar-refractivity contribution in [3.8, 4) is 0 Å². The van der Waals surface area contributed by atoms with Crippen LogP contribution in [0.4, 0.5) is 4.39 Å². The van der Waals surface area contributed by atoms with Crippen LogP contribution in [0.3, 0.4) is 0 Å². The van der Waals surface area contributed by atoms with Gasteiger partial charge in [-0.25, -0.2) is 12.8 Å². The molecule has 0 aliphatic heterocycles. The van der Waals surface area contributed by atoms with Crippen LogP contribution in [0.25, 0.3) is 15.6 Å². The summed E-state index contributed by atoms with van der Waals surface area (Å²) in [6.07, 6.45) is 2.05. The van der Waals surface area contributed by atoms with Gasteiger partial charge >= 0.3 is 5.97 Å². The van der Waals surface area contributed by atoms with Gasteiger partial charge in [0.25, 0.3) is 0 Å². The molecule has 1 aromatic heterocycles. The Kier molecular flexibility index (Phi) is 7.28. The van der Waals surface area contributed by atoms with Crippen LogP contribution in [0.2, 0.25) is 0 Å². The average Bonchev–Trinajstić information content (AvgIpc) is 2.93. The second kappa shape index (κ2) is 9.06. The first-order valence-electron chi connectivity index (χ1n) is 7.85. The maximum atomic E-state index is 12.9. The van der Waals surface area contributed by atoms with Crippen LogP contribution in [0.15, 0.2) is 59.6 Å². The summed E-state index contributed by atoms with van der Waals surface area (Å²) in [7, 11) is -3.86. The van der Waals surface area contributed by atoms with Gasteiger partial charge in [0.2, 0.25) is 0 Å². The molecule has 0 bridgehead atoms. The number of hydrogen-bond acceptors (Lipinski definition) is 3. The van der Waals surface area contributed by atoms with Crippen molar-refractivity contribution in [3.05, 3.63) is 70.8 Å². The fourth-order valence-electron chi connectivity index (χ4n) is 2.77. The van der Waals surface area contributed by atoms with Gasteiger partial charge in [0, 0.05) is 54.7 Å². The van der Waals surface area contributed by atoms with Gasteiger partial charge in [-0.1, -0.05) is 18.2 Å². The van der Waals surface area contributed by atoms with Crippen LogP contribution < -0.4 is 0 Å². The van der Waals surface area contributed by atoms with Crippen molar-refractivity contribution in [3.63, 3.8) is 0 Å². The van der Waals surface area contributed by atoms with E-state index in [1.807, 2.05) is 24.3 Å². The zero-order valence-corrected chi connectivity index (χ0v) is 17.9. The number of aliphatic carboxylic acids is 1. The molecule has 0 saturated heterocycles. The number of hydrogen-bond donors (Lipinski definition) is 1. The Morgan fingerprint density at radius 3 is 2.44 bits per heavy atom. The van der Waals surface area contributed by atoms with Gasteiger partial charge < -0.3 is 14.4 Å². The normalized spacial score (nSPS) is 11.3. The molecule has 1 radical (unpaired) electrons. The third kappa shape index (κ3) is 5.22. The van der Waals surface area contributed by atoms with E-state index in [0.717, 1.165) is 28.6 Å². The second-order valence-corrected chi connectivity index (χ2v) is 7.40. The number of nitrogens with zero attached hydrogens (tertiary/aromatic N) is 2. The zero-order valence-electron chi connectivity index (χ0n) is 14.2. The molecule has 0 aliphatic rings. The zero-order chi connectivity index (χ0) is 18.7. The number of carbonyl (C=O) groups is 1. The van der Waals surface area contributed by atoms with Crippen molar-refractivity contribution in [1.82, 2.24) is 4.57 Å². The number of halogens is 1. The predicted molar refractivity (Wildman–Crippen MR) is 95.1 cm³/mol. The van der Waals surface area contributed by atoms with Gasteiger partial charge in [-0.3, -0.25) is 4.79 Å². The predicted octanol–water partition coefficient (Wildman–Crippen LogP) is 3.17. The summed E-state index contributed by atoms with van der Waals surface area (Å²) in [5.41, 5.74) is 1.59. The minimum atomic E-state index is -3.86. The monoisotopic (exact) mass is 464 g/mol. The summed E-state index contributed by atoms with van der Waals surface area (Å²) in [4.78, 5) is 10.9. The summed E-state index contributed by atoms with van der Waals surface area (Å²) in [6.45, 7) is -0.160. The minimum Gasteiger partial charge on any atom is -0.544 e. The summed E-state index contributed by atoms with van der Waals surface area (Å²) in [5, 5.41) is 9.88. The fourth-order valence-corrected chi connectivity index (χ4v) is 3.73. The van der Waals surface area contributed by atoms with Crippen molar-refractivity contribution >= 4 is 26.9 Å². The third-order valence-corrected chi connectivity index (χ3v) is 5.32. The Bertz CT molecular complexity index is 1050. The Labute approximate surface area is 181 Å². The van der Waals surface area contributed by atoms with E-state index in [9.17, 15) is 17.6 Å². The molecule has 0 saturated carbocycles. The molecular formula is C18H16FN2O4SY-. The van der Waals surface area contributed by atoms with Crippen molar-refractivity contribution in [2.75, 3.05) is 6.54 Å². The topological polar surface area (TPSA) is 90.5 Å². The van der Waals surface area contributed by atoms with E-state index < -0.39 is 21.8 Å². The van der Waals surface area contributed by atoms with Gasteiger partial charge in [-0.15, -0.1) is 6.54 Å². The van der Waals surface area contributed by atoms with E-state index in [1.165, 1.54) is 12.1 Å². The number of benzene rings is 2. The van der Waals surface area contributed by atoms with Crippen LogP contribution >= 0.6 is 0 Å². The first kappa shape index (κ1) is 21.7. The number of para-hydroxylation sites is 1. The number of rotatable bonds is 7. The molecular weight excluding hydrogens is 448 g/mol. The Hall–Kier alpha value is -1.61. The summed E-state index contributed by atoms with van der Waals surface area (Å²) in [6, 6.07) is 11.8. The number of aromatic nitrogens is 1. The van der Waals surface area contributed by atoms with Gasteiger partial charge in [0.05, 0.1) is 0 Å². The Morgan fingerprint density at radius 2 is 1.78 bits per heavy atom. The molecule has 0 spiro atoms. The minimum absolute atomic E-state index is 0. The van der Waals surface area contributed by atoms with Crippen molar-refractivity contribution in [2.24, 2.45) is 0 Å².